The SMILES string of the molecule is CCOP(=O)(OCC)/C(=C/c1cccc(F)c1)C(=O)OC. The molecule has 0 aromatic heterocycles. The highest BCUT2D eigenvalue weighted by molar-refractivity contribution is 7.60. The summed E-state index contributed by atoms with van der Waals surface area (Å²) in [7, 11) is -2.66. The zero-order valence-electron chi connectivity index (χ0n) is 12.2. The van der Waals surface area contributed by atoms with Gasteiger partial charge in [0.25, 0.3) is 0 Å². The van der Waals surface area contributed by atoms with Crippen LogP contribution in [0.4, 0.5) is 4.39 Å². The number of rotatable bonds is 7. The second-order valence-electron chi connectivity index (χ2n) is 3.91. The molecule has 0 fully saturated rings. The molecule has 1 rings (SSSR count). The van der Waals surface area contributed by atoms with E-state index in [9.17, 15) is 13.8 Å². The van der Waals surface area contributed by atoms with Gasteiger partial charge in [0.15, 0.2) is 0 Å². The van der Waals surface area contributed by atoms with E-state index in [1.54, 1.807) is 19.9 Å². The van der Waals surface area contributed by atoms with E-state index in [4.69, 9.17) is 9.05 Å². The largest absolute Gasteiger partial charge is 0.465 e. The fraction of sp³-hybridized carbons (Fsp3) is 0.357. The molecular formula is C14H18FO5P. The normalized spacial score (nSPS) is 12.3. The molecule has 5 nitrogen and oxygen atoms in total. The van der Waals surface area contributed by atoms with Crippen molar-refractivity contribution in [3.05, 3.63) is 41.0 Å². The summed E-state index contributed by atoms with van der Waals surface area (Å²) in [5, 5.41) is -0.265. The topological polar surface area (TPSA) is 61.8 Å². The lowest BCUT2D eigenvalue weighted by molar-refractivity contribution is -0.135. The number of carbonyl (C=O) groups excluding carboxylic acids is 1. The summed E-state index contributed by atoms with van der Waals surface area (Å²) in [6.45, 7) is 3.44. The molecule has 1 aromatic rings. The Bertz CT molecular complexity index is 560. The molecule has 0 unspecified atom stereocenters. The maximum absolute atomic E-state index is 13.2. The molecule has 0 saturated heterocycles. The summed E-state index contributed by atoms with van der Waals surface area (Å²) in [6, 6.07) is 5.50. The van der Waals surface area contributed by atoms with Crippen molar-refractivity contribution in [1.29, 1.82) is 0 Å². The second-order valence-corrected chi connectivity index (χ2v) is 5.90. The molecule has 7 heteroatoms. The van der Waals surface area contributed by atoms with Crippen molar-refractivity contribution in [2.45, 2.75) is 13.8 Å². The predicted octanol–water partition coefficient (Wildman–Crippen LogP) is 3.61. The summed E-state index contributed by atoms with van der Waals surface area (Å²) < 4.78 is 40.8. The zero-order valence-corrected chi connectivity index (χ0v) is 13.1. The summed E-state index contributed by atoms with van der Waals surface area (Å²) in [5.74, 6) is -1.32. The van der Waals surface area contributed by atoms with Crippen LogP contribution < -0.4 is 0 Å². The standard InChI is InChI=1S/C14H18FO5P/c1-4-19-21(17,20-5-2)13(14(16)18-3)10-11-7-6-8-12(15)9-11/h6-10H,4-5H2,1-3H3/b13-10+. The van der Waals surface area contributed by atoms with Gasteiger partial charge in [-0.3, -0.25) is 4.57 Å². The third-order valence-corrected chi connectivity index (χ3v) is 4.54. The Morgan fingerprint density at radius 1 is 1.29 bits per heavy atom. The average molecular weight is 316 g/mol. The van der Waals surface area contributed by atoms with Gasteiger partial charge >= 0.3 is 13.6 Å². The number of esters is 1. The van der Waals surface area contributed by atoms with Crippen molar-refractivity contribution in [1.82, 2.24) is 0 Å². The van der Waals surface area contributed by atoms with E-state index in [1.165, 1.54) is 24.3 Å². The molecule has 0 saturated carbocycles. The highest BCUT2D eigenvalue weighted by Gasteiger charge is 2.35. The summed E-state index contributed by atoms with van der Waals surface area (Å²) in [5.41, 5.74) is 0.357. The number of carbonyl (C=O) groups is 1. The molecule has 1 aromatic carbocycles. The van der Waals surface area contributed by atoms with E-state index in [0.717, 1.165) is 7.11 Å². The van der Waals surface area contributed by atoms with Gasteiger partial charge in [-0.2, -0.15) is 0 Å². The van der Waals surface area contributed by atoms with Crippen LogP contribution in [0.3, 0.4) is 0 Å². The number of halogens is 1. The highest BCUT2D eigenvalue weighted by Crippen LogP contribution is 2.56. The Hall–Kier alpha value is -1.49. The fourth-order valence-electron chi connectivity index (χ4n) is 1.62. The number of benzene rings is 1. The molecular weight excluding hydrogens is 298 g/mol. The Labute approximate surface area is 123 Å². The first-order valence-electron chi connectivity index (χ1n) is 6.42. The predicted molar refractivity (Wildman–Crippen MR) is 77.3 cm³/mol. The van der Waals surface area contributed by atoms with Gasteiger partial charge in [0.1, 0.15) is 11.1 Å². The van der Waals surface area contributed by atoms with E-state index in [0.29, 0.717) is 5.56 Å². The van der Waals surface area contributed by atoms with Gasteiger partial charge < -0.3 is 13.8 Å². The van der Waals surface area contributed by atoms with Crippen LogP contribution in [0.15, 0.2) is 29.6 Å². The Kier molecular flexibility index (Phi) is 6.75. The van der Waals surface area contributed by atoms with Gasteiger partial charge in [-0.1, -0.05) is 12.1 Å². The molecule has 116 valence electrons. The van der Waals surface area contributed by atoms with Crippen molar-refractivity contribution < 1.29 is 27.5 Å². The van der Waals surface area contributed by atoms with Crippen LogP contribution in [0.5, 0.6) is 0 Å². The Balaban J connectivity index is 3.33. The number of methoxy groups -OCH3 is 1. The third-order valence-electron chi connectivity index (χ3n) is 2.44. The number of hydrogen-bond acceptors (Lipinski definition) is 5. The van der Waals surface area contributed by atoms with Crippen molar-refractivity contribution >= 4 is 19.6 Å². The highest BCUT2D eigenvalue weighted by atomic mass is 31.2. The smallest absolute Gasteiger partial charge is 0.368 e. The first-order chi connectivity index (χ1) is 9.96. The molecule has 0 aliphatic rings. The van der Waals surface area contributed by atoms with Crippen molar-refractivity contribution in [2.75, 3.05) is 20.3 Å². The monoisotopic (exact) mass is 316 g/mol. The molecule has 0 heterocycles. The second kappa shape index (κ2) is 8.08. The van der Waals surface area contributed by atoms with Crippen LogP contribution in [0, 0.1) is 5.82 Å². The van der Waals surface area contributed by atoms with Crippen LogP contribution in [-0.4, -0.2) is 26.3 Å². The molecule has 0 aliphatic carbocycles. The number of ether oxygens (including phenoxy) is 1. The van der Waals surface area contributed by atoms with Crippen LogP contribution in [0.2, 0.25) is 0 Å². The lowest BCUT2D eigenvalue weighted by Gasteiger charge is -2.18. The number of hydrogen-bond donors (Lipinski definition) is 0. The van der Waals surface area contributed by atoms with E-state index < -0.39 is 19.4 Å². The first kappa shape index (κ1) is 17.6. The fourth-order valence-corrected chi connectivity index (χ4v) is 3.28. The van der Waals surface area contributed by atoms with Crippen LogP contribution in [0.25, 0.3) is 6.08 Å². The molecule has 0 atom stereocenters. The molecule has 21 heavy (non-hydrogen) atoms. The average Bonchev–Trinajstić information content (AvgIpc) is 2.44. The van der Waals surface area contributed by atoms with E-state index in [2.05, 4.69) is 4.74 Å². The Morgan fingerprint density at radius 2 is 1.90 bits per heavy atom. The minimum absolute atomic E-state index is 0.0920. The third kappa shape index (κ3) is 4.77. The molecule has 0 spiro atoms. The molecule has 0 aliphatic heterocycles. The van der Waals surface area contributed by atoms with Crippen LogP contribution in [0.1, 0.15) is 19.4 Å². The van der Waals surface area contributed by atoms with E-state index in [1.807, 2.05) is 0 Å². The maximum Gasteiger partial charge on any atom is 0.368 e. The zero-order chi connectivity index (χ0) is 15.9. The minimum Gasteiger partial charge on any atom is -0.465 e. The van der Waals surface area contributed by atoms with Gasteiger partial charge in [0, 0.05) is 0 Å². The van der Waals surface area contributed by atoms with Gasteiger partial charge in [0.05, 0.1) is 20.3 Å². The summed E-state index contributed by atoms with van der Waals surface area (Å²) in [4.78, 5) is 11.9. The molecule has 0 radical (unpaired) electrons. The van der Waals surface area contributed by atoms with Crippen LogP contribution in [-0.2, 0) is 23.1 Å². The van der Waals surface area contributed by atoms with Crippen molar-refractivity contribution in [3.8, 4) is 0 Å². The first-order valence-corrected chi connectivity index (χ1v) is 7.96. The van der Waals surface area contributed by atoms with E-state index in [-0.39, 0.29) is 18.5 Å². The molecule has 0 N–H and O–H groups in total. The lowest BCUT2D eigenvalue weighted by Crippen LogP contribution is -2.09. The summed E-state index contributed by atoms with van der Waals surface area (Å²) >= 11 is 0. The van der Waals surface area contributed by atoms with Gasteiger partial charge in [-0.15, -0.1) is 0 Å². The van der Waals surface area contributed by atoms with Gasteiger partial charge in [-0.05, 0) is 37.6 Å². The molecule has 0 amide bonds. The maximum atomic E-state index is 13.2. The minimum atomic E-state index is -3.82. The molecule has 0 bridgehead atoms. The van der Waals surface area contributed by atoms with Gasteiger partial charge in [0.2, 0.25) is 0 Å². The summed E-state index contributed by atoms with van der Waals surface area (Å²) in [6.07, 6.45) is 1.25. The Morgan fingerprint density at radius 3 is 2.38 bits per heavy atom. The lowest BCUT2D eigenvalue weighted by atomic mass is 10.2. The quantitative estimate of drug-likeness (QED) is 0.437. The van der Waals surface area contributed by atoms with E-state index >= 15 is 0 Å². The van der Waals surface area contributed by atoms with Gasteiger partial charge in [-0.25, -0.2) is 9.18 Å². The van der Waals surface area contributed by atoms with Crippen molar-refractivity contribution in [3.63, 3.8) is 0 Å². The van der Waals surface area contributed by atoms with Crippen LogP contribution >= 0.6 is 7.60 Å². The van der Waals surface area contributed by atoms with Crippen molar-refractivity contribution in [2.24, 2.45) is 0 Å².